The van der Waals surface area contributed by atoms with E-state index in [9.17, 15) is 24.3 Å². The fourth-order valence-corrected chi connectivity index (χ4v) is 4.16. The topological polar surface area (TPSA) is 137 Å². The van der Waals surface area contributed by atoms with Crippen LogP contribution in [0.25, 0.3) is 10.8 Å². The molecule has 206 valence electrons. The van der Waals surface area contributed by atoms with Gasteiger partial charge in [0.05, 0.1) is 12.5 Å². The highest BCUT2D eigenvalue weighted by molar-refractivity contribution is 6.01. The molecule has 9 nitrogen and oxygen atoms in total. The van der Waals surface area contributed by atoms with Crippen molar-refractivity contribution < 1.29 is 24.3 Å². The number of fused-ring (bicyclic) bond motifs is 1. The number of carbonyl (C=O) groups excluding carboxylic acids is 3. The smallest absolute Gasteiger partial charge is 0.305 e. The highest BCUT2D eigenvalue weighted by Crippen LogP contribution is 2.16. The molecule has 5 N–H and O–H groups in total. The maximum absolute atomic E-state index is 13.1. The molecule has 3 aromatic rings. The molecule has 0 bridgehead atoms. The molecule has 0 aromatic heterocycles. The summed E-state index contributed by atoms with van der Waals surface area (Å²) >= 11 is 0. The number of hydrogen-bond donors (Lipinski definition) is 5. The van der Waals surface area contributed by atoms with Crippen molar-refractivity contribution in [3.05, 3.63) is 83.9 Å². The number of hydrogen-bond acceptors (Lipinski definition) is 5. The van der Waals surface area contributed by atoms with E-state index in [2.05, 4.69) is 21.3 Å². The van der Waals surface area contributed by atoms with E-state index in [4.69, 9.17) is 0 Å². The van der Waals surface area contributed by atoms with Crippen molar-refractivity contribution in [2.24, 2.45) is 5.92 Å². The molecular weight excluding hydrogens is 496 g/mol. The molecule has 0 aliphatic carbocycles. The van der Waals surface area contributed by atoms with E-state index in [0.717, 1.165) is 16.3 Å². The van der Waals surface area contributed by atoms with E-state index in [1.54, 1.807) is 26.0 Å². The SMILES string of the molecule is CC(C)[C@H](NC(=O)c1ccc2ccccc2c1)C(=O)N[C@@H](C)C(=O)N[C@H](CNCc1ccccc1)CC(=O)O. The standard InChI is InChI=1S/C30H36N4O5/c1-19(2)27(34-29(38)24-14-13-22-11-7-8-12-23(22)15-24)30(39)32-20(3)28(37)33-25(16-26(35)36)18-31-17-21-9-5-4-6-10-21/h4-15,19-20,25,27,31H,16-18H2,1-3H3,(H,32,39)(H,33,37)(H,34,38)(H,35,36)/t20-,25-,27-/m0/s1. The molecule has 0 unspecified atom stereocenters. The molecule has 0 heterocycles. The van der Waals surface area contributed by atoms with Gasteiger partial charge in [0.2, 0.25) is 11.8 Å². The van der Waals surface area contributed by atoms with Gasteiger partial charge in [-0.05, 0) is 41.3 Å². The molecule has 0 radical (unpaired) electrons. The zero-order valence-electron chi connectivity index (χ0n) is 22.4. The average Bonchev–Trinajstić information content (AvgIpc) is 2.91. The van der Waals surface area contributed by atoms with Gasteiger partial charge in [0.25, 0.3) is 5.91 Å². The molecular formula is C30H36N4O5. The van der Waals surface area contributed by atoms with Gasteiger partial charge in [0.15, 0.2) is 0 Å². The van der Waals surface area contributed by atoms with Crippen LogP contribution in [0.3, 0.4) is 0 Å². The van der Waals surface area contributed by atoms with E-state index >= 15 is 0 Å². The summed E-state index contributed by atoms with van der Waals surface area (Å²) in [7, 11) is 0. The zero-order chi connectivity index (χ0) is 28.4. The summed E-state index contributed by atoms with van der Waals surface area (Å²) in [5, 5.41) is 22.5. The minimum absolute atomic E-state index is 0.240. The third-order valence-corrected chi connectivity index (χ3v) is 6.33. The monoisotopic (exact) mass is 532 g/mol. The largest absolute Gasteiger partial charge is 0.481 e. The van der Waals surface area contributed by atoms with Crippen LogP contribution in [-0.2, 0) is 20.9 Å². The predicted octanol–water partition coefficient (Wildman–Crippen LogP) is 2.85. The van der Waals surface area contributed by atoms with Gasteiger partial charge < -0.3 is 26.4 Å². The van der Waals surface area contributed by atoms with Crippen LogP contribution in [0.2, 0.25) is 0 Å². The lowest BCUT2D eigenvalue weighted by Gasteiger charge is -2.25. The maximum Gasteiger partial charge on any atom is 0.305 e. The van der Waals surface area contributed by atoms with Crippen LogP contribution in [0, 0.1) is 5.92 Å². The summed E-state index contributed by atoms with van der Waals surface area (Å²) in [4.78, 5) is 50.2. The normalized spacial score (nSPS) is 13.3. The zero-order valence-corrected chi connectivity index (χ0v) is 22.4. The van der Waals surface area contributed by atoms with Crippen LogP contribution in [0.5, 0.6) is 0 Å². The second-order valence-corrected chi connectivity index (χ2v) is 9.91. The van der Waals surface area contributed by atoms with Crippen molar-refractivity contribution in [2.75, 3.05) is 6.54 Å². The lowest BCUT2D eigenvalue weighted by molar-refractivity contribution is -0.138. The molecule has 3 amide bonds. The molecule has 0 saturated heterocycles. The van der Waals surface area contributed by atoms with Gasteiger partial charge in [-0.1, -0.05) is 74.5 Å². The number of carboxylic acids is 1. The second-order valence-electron chi connectivity index (χ2n) is 9.91. The fraction of sp³-hybridized carbons (Fsp3) is 0.333. The van der Waals surface area contributed by atoms with Gasteiger partial charge in [0, 0.05) is 18.7 Å². The summed E-state index contributed by atoms with van der Waals surface area (Å²) in [6, 6.07) is 20.1. The Kier molecular flexibility index (Phi) is 10.6. The summed E-state index contributed by atoms with van der Waals surface area (Å²) in [6.07, 6.45) is -0.273. The Bertz CT molecular complexity index is 1290. The molecule has 3 atom stereocenters. The van der Waals surface area contributed by atoms with Gasteiger partial charge >= 0.3 is 5.97 Å². The lowest BCUT2D eigenvalue weighted by atomic mass is 10.0. The Morgan fingerprint density at radius 2 is 1.44 bits per heavy atom. The predicted molar refractivity (Wildman–Crippen MR) is 150 cm³/mol. The van der Waals surface area contributed by atoms with Crippen LogP contribution in [-0.4, -0.2) is 53.5 Å². The summed E-state index contributed by atoms with van der Waals surface area (Å²) < 4.78 is 0. The van der Waals surface area contributed by atoms with Gasteiger partial charge in [0.1, 0.15) is 12.1 Å². The van der Waals surface area contributed by atoms with E-state index in [-0.39, 0.29) is 18.9 Å². The molecule has 0 fully saturated rings. The Labute approximate surface area is 228 Å². The summed E-state index contributed by atoms with van der Waals surface area (Å²) in [6.45, 7) is 5.88. The van der Waals surface area contributed by atoms with Crippen molar-refractivity contribution in [3.63, 3.8) is 0 Å². The molecule has 0 spiro atoms. The first kappa shape index (κ1) is 29.3. The lowest BCUT2D eigenvalue weighted by Crippen LogP contribution is -2.56. The van der Waals surface area contributed by atoms with Crippen LogP contribution >= 0.6 is 0 Å². The highest BCUT2D eigenvalue weighted by atomic mass is 16.4. The molecule has 0 aliphatic rings. The quantitative estimate of drug-likeness (QED) is 0.230. The average molecular weight is 533 g/mol. The van der Waals surface area contributed by atoms with E-state index in [1.807, 2.05) is 60.7 Å². The number of rotatable bonds is 13. The third-order valence-electron chi connectivity index (χ3n) is 6.33. The summed E-state index contributed by atoms with van der Waals surface area (Å²) in [5.74, 6) is -2.70. The first-order valence-electron chi connectivity index (χ1n) is 13.0. The second kappa shape index (κ2) is 14.1. The van der Waals surface area contributed by atoms with Crippen molar-refractivity contribution in [3.8, 4) is 0 Å². The first-order chi connectivity index (χ1) is 18.6. The van der Waals surface area contributed by atoms with Crippen LogP contribution < -0.4 is 21.3 Å². The molecule has 39 heavy (non-hydrogen) atoms. The van der Waals surface area contributed by atoms with Gasteiger partial charge in [-0.3, -0.25) is 19.2 Å². The Morgan fingerprint density at radius 1 is 0.769 bits per heavy atom. The Morgan fingerprint density at radius 3 is 2.10 bits per heavy atom. The fourth-order valence-electron chi connectivity index (χ4n) is 4.16. The van der Waals surface area contributed by atoms with E-state index in [1.165, 1.54) is 6.92 Å². The summed E-state index contributed by atoms with van der Waals surface area (Å²) in [5.41, 5.74) is 1.46. The number of carbonyl (C=O) groups is 4. The van der Waals surface area contributed by atoms with Crippen LogP contribution in [0.1, 0.15) is 43.1 Å². The van der Waals surface area contributed by atoms with Crippen molar-refractivity contribution in [1.82, 2.24) is 21.3 Å². The Hall–Kier alpha value is -4.24. The molecule has 3 aromatic carbocycles. The van der Waals surface area contributed by atoms with E-state index in [0.29, 0.717) is 12.1 Å². The minimum atomic E-state index is -1.05. The third kappa shape index (κ3) is 8.93. The molecule has 0 saturated carbocycles. The molecule has 9 heteroatoms. The van der Waals surface area contributed by atoms with Gasteiger partial charge in [-0.25, -0.2) is 0 Å². The number of amides is 3. The maximum atomic E-state index is 13.1. The Balaban J connectivity index is 1.57. The number of carboxylic acid groups (broad SMARTS) is 1. The van der Waals surface area contributed by atoms with Crippen molar-refractivity contribution >= 4 is 34.5 Å². The van der Waals surface area contributed by atoms with Gasteiger partial charge in [-0.15, -0.1) is 0 Å². The number of aliphatic carboxylic acids is 1. The van der Waals surface area contributed by atoms with E-state index < -0.39 is 41.8 Å². The van der Waals surface area contributed by atoms with Crippen LogP contribution in [0.4, 0.5) is 0 Å². The number of nitrogens with one attached hydrogen (secondary N) is 4. The molecule has 0 aliphatic heterocycles. The highest BCUT2D eigenvalue weighted by Gasteiger charge is 2.28. The molecule has 3 rings (SSSR count). The van der Waals surface area contributed by atoms with Crippen LogP contribution in [0.15, 0.2) is 72.8 Å². The van der Waals surface area contributed by atoms with Crippen molar-refractivity contribution in [2.45, 2.75) is 51.9 Å². The van der Waals surface area contributed by atoms with Gasteiger partial charge in [-0.2, -0.15) is 0 Å². The number of benzene rings is 3. The minimum Gasteiger partial charge on any atom is -0.481 e. The van der Waals surface area contributed by atoms with Crippen molar-refractivity contribution in [1.29, 1.82) is 0 Å². The first-order valence-corrected chi connectivity index (χ1v) is 13.0.